The number of sulfonamides is 1. The SMILES string of the molecule is C=CCNS(=O)(=O)Cc1ccc(NC(=O)CCC(=O)CCC(=O)c2cccs2)cc1. The maximum atomic E-state index is 12.0. The number of thiophene rings is 1. The molecule has 0 saturated carbocycles. The fraction of sp³-hybridized carbons (Fsp3) is 0.286. The van der Waals surface area contributed by atoms with Gasteiger partial charge in [0.2, 0.25) is 15.9 Å². The third-order valence-corrected chi connectivity index (χ3v) is 6.33. The van der Waals surface area contributed by atoms with Crippen LogP contribution in [0.25, 0.3) is 0 Å². The zero-order valence-electron chi connectivity index (χ0n) is 16.4. The molecule has 0 saturated heterocycles. The minimum absolute atomic E-state index is 0.0215. The predicted molar refractivity (Wildman–Crippen MR) is 118 cm³/mol. The summed E-state index contributed by atoms with van der Waals surface area (Å²) in [5.74, 6) is -0.693. The van der Waals surface area contributed by atoms with Crippen LogP contribution in [0.4, 0.5) is 5.69 Å². The van der Waals surface area contributed by atoms with E-state index in [0.717, 1.165) is 0 Å². The van der Waals surface area contributed by atoms with E-state index in [1.54, 1.807) is 36.4 Å². The van der Waals surface area contributed by atoms with Crippen LogP contribution in [-0.2, 0) is 25.4 Å². The van der Waals surface area contributed by atoms with E-state index in [1.165, 1.54) is 17.4 Å². The van der Waals surface area contributed by atoms with Gasteiger partial charge in [-0.1, -0.05) is 24.3 Å². The van der Waals surface area contributed by atoms with E-state index in [2.05, 4.69) is 16.6 Å². The fourth-order valence-corrected chi connectivity index (χ4v) is 4.35. The Labute approximate surface area is 180 Å². The van der Waals surface area contributed by atoms with Gasteiger partial charge in [0.1, 0.15) is 5.78 Å². The molecule has 2 rings (SSSR count). The van der Waals surface area contributed by atoms with E-state index in [9.17, 15) is 22.8 Å². The van der Waals surface area contributed by atoms with E-state index in [-0.39, 0.29) is 55.5 Å². The van der Waals surface area contributed by atoms with Crippen LogP contribution < -0.4 is 10.0 Å². The van der Waals surface area contributed by atoms with Gasteiger partial charge in [0, 0.05) is 37.9 Å². The Morgan fingerprint density at radius 1 is 1.00 bits per heavy atom. The molecule has 2 aromatic rings. The zero-order valence-corrected chi connectivity index (χ0v) is 18.1. The zero-order chi connectivity index (χ0) is 22.0. The molecule has 30 heavy (non-hydrogen) atoms. The van der Waals surface area contributed by atoms with Gasteiger partial charge in [-0.25, -0.2) is 13.1 Å². The molecule has 0 radical (unpaired) electrons. The van der Waals surface area contributed by atoms with Crippen molar-refractivity contribution in [2.24, 2.45) is 0 Å². The van der Waals surface area contributed by atoms with E-state index < -0.39 is 10.0 Å². The third kappa shape index (κ3) is 8.40. The molecule has 2 N–H and O–H groups in total. The number of hydrogen-bond acceptors (Lipinski definition) is 6. The van der Waals surface area contributed by atoms with Crippen LogP contribution in [0.3, 0.4) is 0 Å². The molecule has 160 valence electrons. The largest absolute Gasteiger partial charge is 0.326 e. The molecule has 0 atom stereocenters. The molecule has 0 aliphatic heterocycles. The summed E-state index contributed by atoms with van der Waals surface area (Å²) in [5.41, 5.74) is 1.09. The Balaban J connectivity index is 1.73. The minimum atomic E-state index is -3.45. The number of Topliss-reactive ketones (excluding diaryl/α,β-unsaturated/α-hetero) is 2. The van der Waals surface area contributed by atoms with Crippen LogP contribution in [0.2, 0.25) is 0 Å². The lowest BCUT2D eigenvalue weighted by molar-refractivity contribution is -0.122. The third-order valence-electron chi connectivity index (χ3n) is 4.10. The number of carbonyl (C=O) groups is 3. The summed E-state index contributed by atoms with van der Waals surface area (Å²) in [4.78, 5) is 36.5. The first-order valence-electron chi connectivity index (χ1n) is 9.34. The van der Waals surface area contributed by atoms with Crippen molar-refractivity contribution in [3.63, 3.8) is 0 Å². The lowest BCUT2D eigenvalue weighted by Crippen LogP contribution is -2.25. The van der Waals surface area contributed by atoms with Gasteiger partial charge in [-0.15, -0.1) is 17.9 Å². The van der Waals surface area contributed by atoms with Gasteiger partial charge >= 0.3 is 0 Å². The summed E-state index contributed by atoms with van der Waals surface area (Å²) >= 11 is 1.34. The topological polar surface area (TPSA) is 109 Å². The summed E-state index contributed by atoms with van der Waals surface area (Å²) in [6.45, 7) is 3.63. The quantitative estimate of drug-likeness (QED) is 0.361. The van der Waals surface area contributed by atoms with E-state index in [0.29, 0.717) is 16.1 Å². The highest BCUT2D eigenvalue weighted by Gasteiger charge is 2.13. The molecular weight excluding hydrogens is 424 g/mol. The molecule has 1 heterocycles. The van der Waals surface area contributed by atoms with Gasteiger partial charge in [0.25, 0.3) is 0 Å². The van der Waals surface area contributed by atoms with Crippen molar-refractivity contribution >= 4 is 44.5 Å². The molecule has 0 aliphatic carbocycles. The number of nitrogens with one attached hydrogen (secondary N) is 2. The first kappa shape index (κ1) is 23.7. The van der Waals surface area contributed by atoms with Gasteiger partial charge in [0.15, 0.2) is 5.78 Å². The lowest BCUT2D eigenvalue weighted by Gasteiger charge is -2.08. The highest BCUT2D eigenvalue weighted by atomic mass is 32.2. The number of ketones is 2. The normalized spacial score (nSPS) is 11.1. The molecular formula is C21H24N2O5S2. The van der Waals surface area contributed by atoms with Gasteiger partial charge in [-0.05, 0) is 29.1 Å². The summed E-state index contributed by atoms with van der Waals surface area (Å²) in [6.07, 6.45) is 1.81. The minimum Gasteiger partial charge on any atom is -0.326 e. The summed E-state index contributed by atoms with van der Waals surface area (Å²) in [6, 6.07) is 9.96. The maximum Gasteiger partial charge on any atom is 0.224 e. The summed E-state index contributed by atoms with van der Waals surface area (Å²) in [5, 5.41) is 4.48. The second-order valence-electron chi connectivity index (χ2n) is 6.58. The van der Waals surface area contributed by atoms with Crippen LogP contribution in [0.5, 0.6) is 0 Å². The Morgan fingerprint density at radius 3 is 2.33 bits per heavy atom. The molecule has 0 fully saturated rings. The molecule has 7 nitrogen and oxygen atoms in total. The summed E-state index contributed by atoms with van der Waals surface area (Å²) < 4.78 is 26.1. The van der Waals surface area contributed by atoms with Crippen molar-refractivity contribution in [3.05, 3.63) is 64.9 Å². The number of anilines is 1. The first-order valence-corrected chi connectivity index (χ1v) is 11.9. The van der Waals surface area contributed by atoms with Gasteiger partial charge in [-0.3, -0.25) is 14.4 Å². The Kier molecular flexibility index (Phi) is 9.10. The fourth-order valence-electron chi connectivity index (χ4n) is 2.56. The lowest BCUT2D eigenvalue weighted by atomic mass is 10.1. The highest BCUT2D eigenvalue weighted by molar-refractivity contribution is 7.88. The highest BCUT2D eigenvalue weighted by Crippen LogP contribution is 2.14. The number of benzene rings is 1. The van der Waals surface area contributed by atoms with Crippen LogP contribution in [0, 0.1) is 0 Å². The number of rotatable bonds is 13. The Hall–Kier alpha value is -2.62. The molecule has 0 unspecified atom stereocenters. The van der Waals surface area contributed by atoms with Crippen LogP contribution in [-0.4, -0.2) is 32.4 Å². The average Bonchev–Trinajstić information content (AvgIpc) is 3.25. The second-order valence-corrected chi connectivity index (χ2v) is 9.34. The molecule has 0 spiro atoms. The summed E-state index contributed by atoms with van der Waals surface area (Å²) in [7, 11) is -3.45. The van der Waals surface area contributed by atoms with Crippen molar-refractivity contribution in [1.29, 1.82) is 0 Å². The van der Waals surface area contributed by atoms with E-state index >= 15 is 0 Å². The number of hydrogen-bond donors (Lipinski definition) is 2. The van der Waals surface area contributed by atoms with E-state index in [1.807, 2.05) is 5.38 Å². The van der Waals surface area contributed by atoms with Crippen molar-refractivity contribution < 1.29 is 22.8 Å². The van der Waals surface area contributed by atoms with Crippen molar-refractivity contribution in [2.75, 3.05) is 11.9 Å². The average molecular weight is 449 g/mol. The first-order chi connectivity index (χ1) is 14.3. The molecule has 1 aromatic heterocycles. The van der Waals surface area contributed by atoms with Crippen LogP contribution in [0.1, 0.15) is 40.9 Å². The van der Waals surface area contributed by atoms with Crippen molar-refractivity contribution in [1.82, 2.24) is 4.72 Å². The molecule has 0 bridgehead atoms. The Bertz CT molecular complexity index is 981. The van der Waals surface area contributed by atoms with Gasteiger partial charge < -0.3 is 5.32 Å². The number of carbonyl (C=O) groups excluding carboxylic acids is 3. The monoisotopic (exact) mass is 448 g/mol. The molecule has 1 amide bonds. The molecule has 0 aliphatic rings. The van der Waals surface area contributed by atoms with Crippen molar-refractivity contribution in [2.45, 2.75) is 31.4 Å². The van der Waals surface area contributed by atoms with Crippen molar-refractivity contribution in [3.8, 4) is 0 Å². The van der Waals surface area contributed by atoms with Gasteiger partial charge in [-0.2, -0.15) is 0 Å². The Morgan fingerprint density at radius 2 is 1.70 bits per heavy atom. The second kappa shape index (κ2) is 11.5. The molecule has 9 heteroatoms. The maximum absolute atomic E-state index is 12.0. The standard InChI is InChI=1S/C21H24N2O5S2/c1-2-13-22-30(27,28)15-16-5-7-17(8-6-16)23-21(26)12-10-18(24)9-11-19(25)20-4-3-14-29-20/h2-8,14,22H,1,9-13,15H2,(H,23,26). The smallest absolute Gasteiger partial charge is 0.224 e. The van der Waals surface area contributed by atoms with Gasteiger partial charge in [0.05, 0.1) is 10.6 Å². The number of amides is 1. The predicted octanol–water partition coefficient (Wildman–Crippen LogP) is 3.30. The molecule has 1 aromatic carbocycles. The van der Waals surface area contributed by atoms with E-state index in [4.69, 9.17) is 0 Å². The van der Waals surface area contributed by atoms with Crippen LogP contribution in [0.15, 0.2) is 54.4 Å². The van der Waals surface area contributed by atoms with Crippen LogP contribution >= 0.6 is 11.3 Å².